The zero-order valence-corrected chi connectivity index (χ0v) is 9.16. The minimum atomic E-state index is -0.397. The van der Waals surface area contributed by atoms with Crippen LogP contribution in [0.2, 0.25) is 0 Å². The molecule has 1 saturated heterocycles. The number of aliphatic hydroxyl groups excluding tert-OH is 1. The minimum absolute atomic E-state index is 0.0205. The van der Waals surface area contributed by atoms with Crippen molar-refractivity contribution >= 4 is 5.69 Å². The molecule has 0 aliphatic carbocycles. The molecule has 2 rings (SSSR count). The van der Waals surface area contributed by atoms with E-state index in [1.54, 1.807) is 0 Å². The quantitative estimate of drug-likeness (QED) is 0.771. The van der Waals surface area contributed by atoms with Crippen LogP contribution in [0.25, 0.3) is 0 Å². The molecule has 1 aromatic carbocycles. The summed E-state index contributed by atoms with van der Waals surface area (Å²) < 4.78 is 5.18. The molecule has 1 aliphatic rings. The Hall–Kier alpha value is -1.06. The van der Waals surface area contributed by atoms with Crippen LogP contribution in [0.4, 0.5) is 5.69 Å². The van der Waals surface area contributed by atoms with Crippen LogP contribution >= 0.6 is 0 Å². The van der Waals surface area contributed by atoms with Gasteiger partial charge >= 0.3 is 0 Å². The number of aryl methyl sites for hydroxylation is 2. The van der Waals surface area contributed by atoms with Crippen LogP contribution in [-0.4, -0.2) is 30.5 Å². The highest BCUT2D eigenvalue weighted by molar-refractivity contribution is 5.49. The molecule has 82 valence electrons. The zero-order chi connectivity index (χ0) is 10.8. The number of anilines is 1. The first-order chi connectivity index (χ1) is 7.16. The van der Waals surface area contributed by atoms with E-state index in [2.05, 4.69) is 31.3 Å². The number of aliphatic hydroxyl groups is 1. The molecule has 2 N–H and O–H groups in total. The summed E-state index contributed by atoms with van der Waals surface area (Å²) in [5, 5.41) is 12.9. The van der Waals surface area contributed by atoms with Gasteiger partial charge in [0, 0.05) is 5.69 Å². The van der Waals surface area contributed by atoms with Crippen LogP contribution in [0.1, 0.15) is 11.1 Å². The fourth-order valence-corrected chi connectivity index (χ4v) is 1.73. The Morgan fingerprint density at radius 2 is 2.07 bits per heavy atom. The molecular weight excluding hydrogens is 190 g/mol. The van der Waals surface area contributed by atoms with Crippen molar-refractivity contribution in [3.05, 3.63) is 29.3 Å². The SMILES string of the molecule is Cc1ccc(NC2COCC2O)cc1C. The molecule has 0 radical (unpaired) electrons. The van der Waals surface area contributed by atoms with Crippen molar-refractivity contribution in [3.63, 3.8) is 0 Å². The van der Waals surface area contributed by atoms with Gasteiger partial charge in [0.25, 0.3) is 0 Å². The fraction of sp³-hybridized carbons (Fsp3) is 0.500. The van der Waals surface area contributed by atoms with E-state index in [1.807, 2.05) is 6.07 Å². The Morgan fingerprint density at radius 1 is 1.27 bits per heavy atom. The van der Waals surface area contributed by atoms with Crippen molar-refractivity contribution in [1.82, 2.24) is 0 Å². The second-order valence-corrected chi connectivity index (χ2v) is 4.15. The highest BCUT2D eigenvalue weighted by Gasteiger charge is 2.25. The van der Waals surface area contributed by atoms with Gasteiger partial charge in [-0.3, -0.25) is 0 Å². The maximum atomic E-state index is 9.59. The zero-order valence-electron chi connectivity index (χ0n) is 9.16. The number of hydrogen-bond acceptors (Lipinski definition) is 3. The second-order valence-electron chi connectivity index (χ2n) is 4.15. The van der Waals surface area contributed by atoms with Gasteiger partial charge in [0.2, 0.25) is 0 Å². The molecule has 1 heterocycles. The van der Waals surface area contributed by atoms with E-state index in [9.17, 15) is 5.11 Å². The van der Waals surface area contributed by atoms with Crippen LogP contribution in [0.5, 0.6) is 0 Å². The third-order valence-electron chi connectivity index (χ3n) is 2.91. The first kappa shape index (κ1) is 10.5. The summed E-state index contributed by atoms with van der Waals surface area (Å²) in [7, 11) is 0. The molecule has 3 heteroatoms. The first-order valence-corrected chi connectivity index (χ1v) is 5.26. The number of rotatable bonds is 2. The van der Waals surface area contributed by atoms with E-state index in [0.29, 0.717) is 13.2 Å². The molecule has 0 amide bonds. The summed E-state index contributed by atoms with van der Waals surface area (Å²) in [5.74, 6) is 0. The van der Waals surface area contributed by atoms with Gasteiger partial charge in [-0.1, -0.05) is 6.07 Å². The standard InChI is InChI=1S/C12H17NO2/c1-8-3-4-10(5-9(8)2)13-11-6-15-7-12(11)14/h3-5,11-14H,6-7H2,1-2H3. The number of benzene rings is 1. The van der Waals surface area contributed by atoms with Crippen molar-refractivity contribution in [2.45, 2.75) is 26.0 Å². The Labute approximate surface area is 90.1 Å². The Bertz CT molecular complexity index is 351. The third kappa shape index (κ3) is 2.30. The Kier molecular flexibility index (Phi) is 2.93. The van der Waals surface area contributed by atoms with E-state index in [0.717, 1.165) is 5.69 Å². The molecule has 2 atom stereocenters. The summed E-state index contributed by atoms with van der Waals surface area (Å²) in [5.41, 5.74) is 3.59. The van der Waals surface area contributed by atoms with Gasteiger partial charge in [-0.2, -0.15) is 0 Å². The van der Waals surface area contributed by atoms with E-state index in [-0.39, 0.29) is 6.04 Å². The summed E-state index contributed by atoms with van der Waals surface area (Å²) >= 11 is 0. The minimum Gasteiger partial charge on any atom is -0.388 e. The van der Waals surface area contributed by atoms with Crippen LogP contribution < -0.4 is 5.32 Å². The molecule has 0 spiro atoms. The van der Waals surface area contributed by atoms with Crippen LogP contribution in [0.15, 0.2) is 18.2 Å². The van der Waals surface area contributed by atoms with Gasteiger partial charge in [0.1, 0.15) is 0 Å². The van der Waals surface area contributed by atoms with E-state index >= 15 is 0 Å². The highest BCUT2D eigenvalue weighted by Crippen LogP contribution is 2.17. The van der Waals surface area contributed by atoms with Crippen molar-refractivity contribution in [2.75, 3.05) is 18.5 Å². The fourth-order valence-electron chi connectivity index (χ4n) is 1.73. The number of ether oxygens (including phenoxy) is 1. The predicted octanol–water partition coefficient (Wildman–Crippen LogP) is 1.48. The van der Waals surface area contributed by atoms with Gasteiger partial charge < -0.3 is 15.2 Å². The highest BCUT2D eigenvalue weighted by atomic mass is 16.5. The van der Waals surface area contributed by atoms with Gasteiger partial charge in [0.15, 0.2) is 0 Å². The summed E-state index contributed by atoms with van der Waals surface area (Å²) in [4.78, 5) is 0. The second kappa shape index (κ2) is 4.21. The van der Waals surface area contributed by atoms with Gasteiger partial charge in [-0.15, -0.1) is 0 Å². The van der Waals surface area contributed by atoms with E-state index in [1.165, 1.54) is 11.1 Å². The first-order valence-electron chi connectivity index (χ1n) is 5.26. The topological polar surface area (TPSA) is 41.5 Å². The Morgan fingerprint density at radius 3 is 2.67 bits per heavy atom. The monoisotopic (exact) mass is 207 g/mol. The number of nitrogens with one attached hydrogen (secondary N) is 1. The molecule has 0 saturated carbocycles. The average molecular weight is 207 g/mol. The molecule has 0 bridgehead atoms. The van der Waals surface area contributed by atoms with E-state index < -0.39 is 6.10 Å². The molecule has 3 nitrogen and oxygen atoms in total. The molecule has 1 fully saturated rings. The van der Waals surface area contributed by atoms with Gasteiger partial charge in [-0.05, 0) is 37.1 Å². The molecule has 2 unspecified atom stereocenters. The summed E-state index contributed by atoms with van der Waals surface area (Å²) in [6, 6.07) is 6.24. The van der Waals surface area contributed by atoms with Crippen LogP contribution in [-0.2, 0) is 4.74 Å². The lowest BCUT2D eigenvalue weighted by Crippen LogP contribution is -2.31. The van der Waals surface area contributed by atoms with Crippen molar-refractivity contribution < 1.29 is 9.84 Å². The van der Waals surface area contributed by atoms with Gasteiger partial charge in [0.05, 0.1) is 25.4 Å². The average Bonchev–Trinajstić information content (AvgIpc) is 2.59. The molecule has 1 aliphatic heterocycles. The molecule has 0 aromatic heterocycles. The summed E-state index contributed by atoms with van der Waals surface area (Å²) in [6.07, 6.45) is -0.397. The Balaban J connectivity index is 2.07. The van der Waals surface area contributed by atoms with Gasteiger partial charge in [-0.25, -0.2) is 0 Å². The van der Waals surface area contributed by atoms with Crippen molar-refractivity contribution in [3.8, 4) is 0 Å². The van der Waals surface area contributed by atoms with Crippen LogP contribution in [0.3, 0.4) is 0 Å². The molecular formula is C12H17NO2. The lowest BCUT2D eigenvalue weighted by Gasteiger charge is -2.16. The van der Waals surface area contributed by atoms with Crippen LogP contribution in [0, 0.1) is 13.8 Å². The lowest BCUT2D eigenvalue weighted by molar-refractivity contribution is 0.125. The predicted molar refractivity (Wildman–Crippen MR) is 60.2 cm³/mol. The normalized spacial score (nSPS) is 25.5. The maximum Gasteiger partial charge on any atom is 0.0996 e. The van der Waals surface area contributed by atoms with Crippen molar-refractivity contribution in [2.24, 2.45) is 0 Å². The lowest BCUT2D eigenvalue weighted by atomic mass is 10.1. The van der Waals surface area contributed by atoms with E-state index in [4.69, 9.17) is 4.74 Å². The maximum absolute atomic E-state index is 9.59. The third-order valence-corrected chi connectivity index (χ3v) is 2.91. The largest absolute Gasteiger partial charge is 0.388 e. The smallest absolute Gasteiger partial charge is 0.0996 e. The number of hydrogen-bond donors (Lipinski definition) is 2. The molecule has 1 aromatic rings. The summed E-state index contributed by atoms with van der Waals surface area (Å²) in [6.45, 7) is 5.19. The van der Waals surface area contributed by atoms with Crippen molar-refractivity contribution in [1.29, 1.82) is 0 Å². The molecule has 15 heavy (non-hydrogen) atoms.